The van der Waals surface area contributed by atoms with Gasteiger partial charge in [0.1, 0.15) is 5.58 Å². The van der Waals surface area contributed by atoms with Crippen molar-refractivity contribution in [1.82, 2.24) is 4.90 Å². The summed E-state index contributed by atoms with van der Waals surface area (Å²) in [5.74, 6) is 0.449. The number of piperidine rings is 1. The van der Waals surface area contributed by atoms with Crippen molar-refractivity contribution < 1.29 is 18.7 Å². The SMILES string of the molecule is CO[C@H]1CCCOC12CCN(C(=O)c1oc3ccc(C)cc3c1C)CC2. The van der Waals surface area contributed by atoms with Crippen LogP contribution in [-0.4, -0.2) is 49.3 Å². The number of aryl methyl sites for hydroxylation is 2. The predicted octanol–water partition coefficient (Wildman–Crippen LogP) is 3.85. The molecule has 2 aliphatic heterocycles. The van der Waals surface area contributed by atoms with E-state index in [1.165, 1.54) is 5.56 Å². The van der Waals surface area contributed by atoms with Crippen LogP contribution >= 0.6 is 0 Å². The summed E-state index contributed by atoms with van der Waals surface area (Å²) in [7, 11) is 1.76. The molecule has 0 bridgehead atoms. The molecule has 3 heterocycles. The molecule has 26 heavy (non-hydrogen) atoms. The molecule has 5 heteroatoms. The number of methoxy groups -OCH3 is 1. The van der Waals surface area contributed by atoms with Crippen LogP contribution in [0.2, 0.25) is 0 Å². The van der Waals surface area contributed by atoms with Gasteiger partial charge in [-0.15, -0.1) is 0 Å². The minimum Gasteiger partial charge on any atom is -0.451 e. The Morgan fingerprint density at radius 3 is 2.77 bits per heavy atom. The lowest BCUT2D eigenvalue weighted by molar-refractivity contribution is -0.183. The number of amides is 1. The zero-order valence-corrected chi connectivity index (χ0v) is 15.8. The molecule has 5 nitrogen and oxygen atoms in total. The highest BCUT2D eigenvalue weighted by Gasteiger charge is 2.45. The number of hydrogen-bond acceptors (Lipinski definition) is 4. The third kappa shape index (κ3) is 2.83. The van der Waals surface area contributed by atoms with Crippen molar-refractivity contribution in [3.8, 4) is 0 Å². The van der Waals surface area contributed by atoms with Crippen LogP contribution in [0.1, 0.15) is 47.4 Å². The van der Waals surface area contributed by atoms with E-state index in [1.54, 1.807) is 7.11 Å². The molecule has 0 radical (unpaired) electrons. The molecular formula is C21H27NO4. The first-order valence-electron chi connectivity index (χ1n) is 9.50. The van der Waals surface area contributed by atoms with Crippen LogP contribution < -0.4 is 0 Å². The minimum atomic E-state index is -0.232. The van der Waals surface area contributed by atoms with Crippen molar-refractivity contribution in [3.63, 3.8) is 0 Å². The monoisotopic (exact) mass is 357 g/mol. The molecule has 1 amide bonds. The van der Waals surface area contributed by atoms with E-state index in [4.69, 9.17) is 13.9 Å². The zero-order valence-electron chi connectivity index (χ0n) is 15.8. The first kappa shape index (κ1) is 17.6. The van der Waals surface area contributed by atoms with Gasteiger partial charge >= 0.3 is 0 Å². The molecule has 2 aliphatic rings. The lowest BCUT2D eigenvalue weighted by Gasteiger charge is -2.47. The molecule has 0 saturated carbocycles. The number of furan rings is 1. The molecule has 1 atom stereocenters. The number of nitrogens with zero attached hydrogens (tertiary/aromatic N) is 1. The van der Waals surface area contributed by atoms with Crippen LogP contribution in [0.4, 0.5) is 0 Å². The van der Waals surface area contributed by atoms with E-state index >= 15 is 0 Å². The Bertz CT molecular complexity index is 817. The lowest BCUT2D eigenvalue weighted by atomic mass is 9.81. The topological polar surface area (TPSA) is 51.9 Å². The highest BCUT2D eigenvalue weighted by molar-refractivity contribution is 5.99. The molecule has 2 saturated heterocycles. The maximum atomic E-state index is 13.1. The summed E-state index contributed by atoms with van der Waals surface area (Å²) in [6, 6.07) is 6.03. The Morgan fingerprint density at radius 1 is 1.27 bits per heavy atom. The third-order valence-corrected chi connectivity index (χ3v) is 6.05. The first-order chi connectivity index (χ1) is 12.5. The van der Waals surface area contributed by atoms with Crippen LogP contribution in [0.5, 0.6) is 0 Å². The van der Waals surface area contributed by atoms with Gasteiger partial charge in [-0.25, -0.2) is 0 Å². The highest BCUT2D eigenvalue weighted by atomic mass is 16.5. The lowest BCUT2D eigenvalue weighted by Crippen LogP contribution is -2.56. The van der Waals surface area contributed by atoms with Crippen LogP contribution in [-0.2, 0) is 9.47 Å². The number of hydrogen-bond donors (Lipinski definition) is 0. The minimum absolute atomic E-state index is 0.0176. The summed E-state index contributed by atoms with van der Waals surface area (Å²) in [5, 5.41) is 1.02. The second-order valence-electron chi connectivity index (χ2n) is 7.63. The molecule has 0 unspecified atom stereocenters. The number of benzene rings is 1. The Hall–Kier alpha value is -1.85. The van der Waals surface area contributed by atoms with E-state index in [-0.39, 0.29) is 17.6 Å². The fourth-order valence-electron chi connectivity index (χ4n) is 4.47. The van der Waals surface area contributed by atoms with E-state index in [1.807, 2.05) is 30.9 Å². The van der Waals surface area contributed by atoms with Crippen molar-refractivity contribution in [2.45, 2.75) is 51.2 Å². The number of carbonyl (C=O) groups is 1. The van der Waals surface area contributed by atoms with Crippen LogP contribution in [0.25, 0.3) is 11.0 Å². The molecule has 1 aromatic heterocycles. The van der Waals surface area contributed by atoms with Crippen molar-refractivity contribution >= 4 is 16.9 Å². The summed E-state index contributed by atoms with van der Waals surface area (Å²) < 4.78 is 17.7. The zero-order chi connectivity index (χ0) is 18.3. The number of rotatable bonds is 2. The van der Waals surface area contributed by atoms with Crippen LogP contribution in [0, 0.1) is 13.8 Å². The third-order valence-electron chi connectivity index (χ3n) is 6.05. The molecular weight excluding hydrogens is 330 g/mol. The molecule has 0 N–H and O–H groups in total. The quantitative estimate of drug-likeness (QED) is 0.819. The van der Waals surface area contributed by atoms with Gasteiger partial charge in [0.2, 0.25) is 0 Å². The Morgan fingerprint density at radius 2 is 2.04 bits per heavy atom. The Balaban J connectivity index is 1.53. The van der Waals surface area contributed by atoms with Crippen molar-refractivity contribution in [3.05, 3.63) is 35.1 Å². The van der Waals surface area contributed by atoms with E-state index in [2.05, 4.69) is 6.07 Å². The molecule has 4 rings (SSSR count). The highest BCUT2D eigenvalue weighted by Crippen LogP contribution is 2.37. The van der Waals surface area contributed by atoms with Gasteiger partial charge in [0.05, 0.1) is 11.7 Å². The Kier molecular flexibility index (Phi) is 4.53. The Labute approximate surface area is 154 Å². The van der Waals surface area contributed by atoms with E-state index in [0.717, 1.165) is 48.8 Å². The predicted molar refractivity (Wildman–Crippen MR) is 99.5 cm³/mol. The molecule has 2 aromatic rings. The fourth-order valence-corrected chi connectivity index (χ4v) is 4.47. The van der Waals surface area contributed by atoms with Gasteiger partial charge in [0, 0.05) is 37.8 Å². The maximum absolute atomic E-state index is 13.1. The van der Waals surface area contributed by atoms with Crippen LogP contribution in [0.15, 0.2) is 22.6 Å². The molecule has 1 spiro atoms. The number of carbonyl (C=O) groups excluding carboxylic acids is 1. The molecule has 140 valence electrons. The number of likely N-dealkylation sites (tertiary alicyclic amines) is 1. The standard InChI is InChI=1S/C21H27NO4/c1-14-6-7-17-16(13-14)15(2)19(26-17)20(23)22-10-8-21(9-11-22)18(24-3)5-4-12-25-21/h6-7,13,18H,4-5,8-12H2,1-3H3/t18-/m0/s1. The average molecular weight is 357 g/mol. The van der Waals surface area contributed by atoms with Gasteiger partial charge in [0.15, 0.2) is 5.76 Å². The van der Waals surface area contributed by atoms with Crippen molar-refractivity contribution in [2.24, 2.45) is 0 Å². The van der Waals surface area contributed by atoms with Crippen molar-refractivity contribution in [2.75, 3.05) is 26.8 Å². The van der Waals surface area contributed by atoms with E-state index in [9.17, 15) is 4.79 Å². The summed E-state index contributed by atoms with van der Waals surface area (Å²) in [5.41, 5.74) is 2.64. The second kappa shape index (κ2) is 6.71. The largest absolute Gasteiger partial charge is 0.451 e. The van der Waals surface area contributed by atoms with Crippen LogP contribution in [0.3, 0.4) is 0 Å². The second-order valence-corrected chi connectivity index (χ2v) is 7.63. The normalized spacial score (nSPS) is 22.9. The van der Waals surface area contributed by atoms with Gasteiger partial charge < -0.3 is 18.8 Å². The molecule has 1 aromatic carbocycles. The summed E-state index contributed by atoms with van der Waals surface area (Å²) >= 11 is 0. The number of fused-ring (bicyclic) bond motifs is 1. The number of ether oxygens (including phenoxy) is 2. The summed E-state index contributed by atoms with van der Waals surface area (Å²) in [6.07, 6.45) is 3.84. The fraction of sp³-hybridized carbons (Fsp3) is 0.571. The molecule has 2 fully saturated rings. The van der Waals surface area contributed by atoms with Gasteiger partial charge in [-0.3, -0.25) is 4.79 Å². The van der Waals surface area contributed by atoms with Gasteiger partial charge in [-0.05, 0) is 51.7 Å². The van der Waals surface area contributed by atoms with E-state index in [0.29, 0.717) is 18.8 Å². The van der Waals surface area contributed by atoms with Crippen molar-refractivity contribution in [1.29, 1.82) is 0 Å². The first-order valence-corrected chi connectivity index (χ1v) is 9.50. The molecule has 0 aliphatic carbocycles. The van der Waals surface area contributed by atoms with Gasteiger partial charge in [-0.1, -0.05) is 11.6 Å². The average Bonchev–Trinajstić information content (AvgIpc) is 2.98. The van der Waals surface area contributed by atoms with E-state index < -0.39 is 0 Å². The van der Waals surface area contributed by atoms with Gasteiger partial charge in [-0.2, -0.15) is 0 Å². The summed E-state index contributed by atoms with van der Waals surface area (Å²) in [6.45, 7) is 6.15. The summed E-state index contributed by atoms with van der Waals surface area (Å²) in [4.78, 5) is 15.0. The maximum Gasteiger partial charge on any atom is 0.289 e. The smallest absolute Gasteiger partial charge is 0.289 e. The van der Waals surface area contributed by atoms with Gasteiger partial charge in [0.25, 0.3) is 5.91 Å².